The number of amides is 2. The Kier molecular flexibility index (Phi) is 6.89. The molecule has 0 aromatic heterocycles. The van der Waals surface area contributed by atoms with Crippen LogP contribution in [0.15, 0.2) is 45.8 Å². The van der Waals surface area contributed by atoms with Crippen molar-refractivity contribution in [3.05, 3.63) is 61.4 Å². The first-order valence-electron chi connectivity index (χ1n) is 8.02. The van der Waals surface area contributed by atoms with Crippen molar-refractivity contribution in [2.24, 2.45) is 0 Å². The van der Waals surface area contributed by atoms with Gasteiger partial charge >= 0.3 is 5.97 Å². The number of carbonyl (C=O) groups excluding carboxylic acids is 3. The molecule has 1 aliphatic heterocycles. The zero-order valence-electron chi connectivity index (χ0n) is 14.8. The summed E-state index contributed by atoms with van der Waals surface area (Å²) in [6, 6.07) is 9.64. The molecule has 0 N–H and O–H groups in total. The monoisotopic (exact) mass is 515 g/mol. The highest BCUT2D eigenvalue weighted by Gasteiger charge is 2.36. The minimum atomic E-state index is -0.548. The third-order valence-electron chi connectivity index (χ3n) is 3.76. The highest BCUT2D eigenvalue weighted by molar-refractivity contribution is 9.10. The van der Waals surface area contributed by atoms with Crippen molar-refractivity contribution in [3.63, 3.8) is 0 Å². The van der Waals surface area contributed by atoms with Crippen LogP contribution >= 0.6 is 50.9 Å². The van der Waals surface area contributed by atoms with E-state index in [2.05, 4.69) is 20.7 Å². The predicted molar refractivity (Wildman–Crippen MR) is 117 cm³/mol. The van der Waals surface area contributed by atoms with Crippen LogP contribution in [0.1, 0.15) is 5.56 Å². The lowest BCUT2D eigenvalue weighted by molar-refractivity contribution is -0.142. The molecule has 2 amide bonds. The molecule has 0 unspecified atom stereocenters. The number of ether oxygens (including phenoxy) is 2. The van der Waals surface area contributed by atoms with E-state index in [-0.39, 0.29) is 22.3 Å². The van der Waals surface area contributed by atoms with Gasteiger partial charge in [-0.15, -0.1) is 0 Å². The quantitative estimate of drug-likeness (QED) is 0.383. The fourth-order valence-corrected chi connectivity index (χ4v) is 4.38. The fourth-order valence-electron chi connectivity index (χ4n) is 2.42. The van der Waals surface area contributed by atoms with Gasteiger partial charge in [-0.3, -0.25) is 9.59 Å². The first kappa shape index (κ1) is 21.7. The second-order valence-electron chi connectivity index (χ2n) is 5.67. The zero-order valence-corrected chi connectivity index (χ0v) is 18.7. The number of hydrogen-bond acceptors (Lipinski definition) is 6. The number of hydrogen-bond donors (Lipinski definition) is 0. The van der Waals surface area contributed by atoms with Crippen LogP contribution in [0.3, 0.4) is 0 Å². The minimum Gasteiger partial charge on any atom is -0.479 e. The first-order chi connectivity index (χ1) is 13.8. The number of imide groups is 1. The Labute approximate surface area is 188 Å². The van der Waals surface area contributed by atoms with Crippen LogP contribution in [0, 0.1) is 0 Å². The Hall–Kier alpha value is -2.00. The van der Waals surface area contributed by atoms with Crippen LogP contribution in [-0.2, 0) is 14.3 Å². The average molecular weight is 517 g/mol. The SMILES string of the molecule is COC(=O)COc1c(Cl)cc(/C=C2/SC(=O)N(c3ccc(Cl)cc3)C2=O)cc1Br. The van der Waals surface area contributed by atoms with Gasteiger partial charge in [0.2, 0.25) is 0 Å². The van der Waals surface area contributed by atoms with E-state index in [4.69, 9.17) is 27.9 Å². The Bertz CT molecular complexity index is 1000. The van der Waals surface area contributed by atoms with Crippen molar-refractivity contribution < 1.29 is 23.9 Å². The molecule has 0 spiro atoms. The van der Waals surface area contributed by atoms with Crippen LogP contribution in [0.25, 0.3) is 6.08 Å². The molecule has 1 aliphatic rings. The molecule has 1 saturated heterocycles. The fraction of sp³-hybridized carbons (Fsp3) is 0.105. The molecular weight excluding hydrogens is 505 g/mol. The van der Waals surface area contributed by atoms with Crippen molar-refractivity contribution in [2.45, 2.75) is 0 Å². The Morgan fingerprint density at radius 3 is 2.52 bits per heavy atom. The maximum atomic E-state index is 12.7. The predicted octanol–water partition coefficient (Wildman–Crippen LogP) is 5.55. The van der Waals surface area contributed by atoms with Crippen LogP contribution in [0.2, 0.25) is 10.0 Å². The third kappa shape index (κ3) is 4.95. The molecule has 1 heterocycles. The molecule has 2 aromatic rings. The molecular formula is C19H12BrCl2NO5S. The zero-order chi connectivity index (χ0) is 21.1. The second kappa shape index (κ2) is 9.21. The van der Waals surface area contributed by atoms with Gasteiger partial charge in [-0.1, -0.05) is 23.2 Å². The van der Waals surface area contributed by atoms with E-state index in [1.54, 1.807) is 42.5 Å². The van der Waals surface area contributed by atoms with Gasteiger partial charge in [0.25, 0.3) is 11.1 Å². The molecule has 0 atom stereocenters. The molecule has 6 nitrogen and oxygen atoms in total. The third-order valence-corrected chi connectivity index (χ3v) is 5.75. The number of methoxy groups -OCH3 is 1. The van der Waals surface area contributed by atoms with Crippen molar-refractivity contribution in [3.8, 4) is 5.75 Å². The van der Waals surface area contributed by atoms with Crippen molar-refractivity contribution in [1.82, 2.24) is 0 Å². The van der Waals surface area contributed by atoms with E-state index in [0.717, 1.165) is 16.7 Å². The number of halogens is 3. The Morgan fingerprint density at radius 1 is 1.21 bits per heavy atom. The summed E-state index contributed by atoms with van der Waals surface area (Å²) in [5.41, 5.74) is 1.01. The summed E-state index contributed by atoms with van der Waals surface area (Å²) >= 11 is 16.2. The number of benzene rings is 2. The molecule has 0 aliphatic carbocycles. The maximum Gasteiger partial charge on any atom is 0.343 e. The van der Waals surface area contributed by atoms with Crippen molar-refractivity contribution >= 4 is 79.8 Å². The maximum absolute atomic E-state index is 12.7. The normalized spacial score (nSPS) is 15.2. The van der Waals surface area contributed by atoms with E-state index in [0.29, 0.717) is 20.7 Å². The largest absolute Gasteiger partial charge is 0.479 e. The first-order valence-corrected chi connectivity index (χ1v) is 10.4. The number of carbonyl (C=O) groups is 3. The van der Waals surface area contributed by atoms with Crippen LogP contribution in [0.4, 0.5) is 10.5 Å². The van der Waals surface area contributed by atoms with E-state index in [9.17, 15) is 14.4 Å². The van der Waals surface area contributed by atoms with Gasteiger partial charge in [0, 0.05) is 5.02 Å². The van der Waals surface area contributed by atoms with E-state index in [1.807, 2.05) is 0 Å². The lowest BCUT2D eigenvalue weighted by Gasteiger charge is -2.12. The summed E-state index contributed by atoms with van der Waals surface area (Å²) in [6.45, 7) is -0.297. The number of rotatable bonds is 5. The van der Waals surface area contributed by atoms with Gasteiger partial charge in [-0.25, -0.2) is 9.69 Å². The molecule has 0 bridgehead atoms. The summed E-state index contributed by atoms with van der Waals surface area (Å²) in [7, 11) is 1.25. The molecule has 1 fully saturated rings. The topological polar surface area (TPSA) is 72.9 Å². The molecule has 29 heavy (non-hydrogen) atoms. The van der Waals surface area contributed by atoms with E-state index in [1.165, 1.54) is 7.11 Å². The van der Waals surface area contributed by atoms with Gasteiger partial charge in [0.15, 0.2) is 12.4 Å². The lowest BCUT2D eigenvalue weighted by atomic mass is 10.2. The van der Waals surface area contributed by atoms with Gasteiger partial charge in [0.05, 0.1) is 27.2 Å². The Balaban J connectivity index is 1.84. The van der Waals surface area contributed by atoms with Crippen molar-refractivity contribution in [1.29, 1.82) is 0 Å². The standard InChI is InChI=1S/C19H12BrCl2NO5S/c1-27-16(24)9-28-17-13(20)6-10(7-14(17)22)8-15-18(25)23(19(26)29-15)12-4-2-11(21)3-5-12/h2-8H,9H2,1H3/b15-8+. The molecule has 3 rings (SSSR count). The number of thioether (sulfide) groups is 1. The molecule has 10 heteroatoms. The van der Waals surface area contributed by atoms with Gasteiger partial charge in [-0.2, -0.15) is 0 Å². The van der Waals surface area contributed by atoms with Gasteiger partial charge < -0.3 is 9.47 Å². The molecule has 2 aromatic carbocycles. The average Bonchev–Trinajstić information content (AvgIpc) is 2.95. The summed E-state index contributed by atoms with van der Waals surface area (Å²) < 4.78 is 10.4. The van der Waals surface area contributed by atoms with Crippen LogP contribution in [0.5, 0.6) is 5.75 Å². The highest BCUT2D eigenvalue weighted by atomic mass is 79.9. The second-order valence-corrected chi connectivity index (χ2v) is 8.36. The van der Waals surface area contributed by atoms with E-state index >= 15 is 0 Å². The lowest BCUT2D eigenvalue weighted by Crippen LogP contribution is -2.27. The smallest absolute Gasteiger partial charge is 0.343 e. The number of esters is 1. The highest BCUT2D eigenvalue weighted by Crippen LogP contribution is 2.39. The minimum absolute atomic E-state index is 0.228. The summed E-state index contributed by atoms with van der Waals surface area (Å²) in [5, 5.41) is 0.323. The van der Waals surface area contributed by atoms with Crippen LogP contribution in [-0.4, -0.2) is 30.8 Å². The van der Waals surface area contributed by atoms with Gasteiger partial charge in [-0.05, 0) is 75.7 Å². The Morgan fingerprint density at radius 2 is 1.90 bits per heavy atom. The van der Waals surface area contributed by atoms with Crippen molar-refractivity contribution in [2.75, 3.05) is 18.6 Å². The van der Waals surface area contributed by atoms with Crippen LogP contribution < -0.4 is 9.64 Å². The number of anilines is 1. The molecule has 0 saturated carbocycles. The summed E-state index contributed by atoms with van der Waals surface area (Å²) in [5.74, 6) is -0.725. The summed E-state index contributed by atoms with van der Waals surface area (Å²) in [6.07, 6.45) is 1.56. The molecule has 150 valence electrons. The summed E-state index contributed by atoms with van der Waals surface area (Å²) in [4.78, 5) is 37.6. The number of nitrogens with zero attached hydrogens (tertiary/aromatic N) is 1. The van der Waals surface area contributed by atoms with E-state index < -0.39 is 17.1 Å². The molecule has 0 radical (unpaired) electrons. The van der Waals surface area contributed by atoms with Gasteiger partial charge in [0.1, 0.15) is 0 Å².